The van der Waals surface area contributed by atoms with Gasteiger partial charge in [0.15, 0.2) is 5.82 Å². The molecule has 3 heterocycles. The van der Waals surface area contributed by atoms with Crippen LogP contribution < -0.4 is 5.32 Å². The van der Waals surface area contributed by atoms with Gasteiger partial charge in [-0.05, 0) is 32.0 Å². The van der Waals surface area contributed by atoms with E-state index in [2.05, 4.69) is 53.4 Å². The summed E-state index contributed by atoms with van der Waals surface area (Å²) < 4.78 is 11.3. The number of rotatable bonds is 3. The monoisotopic (exact) mass is 326 g/mol. The van der Waals surface area contributed by atoms with Gasteiger partial charge in [-0.2, -0.15) is 4.98 Å². The summed E-state index contributed by atoms with van der Waals surface area (Å²) >= 11 is 0. The van der Waals surface area contributed by atoms with E-state index in [-0.39, 0.29) is 6.04 Å². The first-order valence-corrected chi connectivity index (χ1v) is 8.33. The Kier molecular flexibility index (Phi) is 3.86. The first-order valence-electron chi connectivity index (χ1n) is 8.33. The minimum Gasteiger partial charge on any atom is -0.464 e. The zero-order valence-corrected chi connectivity index (χ0v) is 14.3. The molecular formula is C18H22N4O2. The van der Waals surface area contributed by atoms with E-state index in [1.165, 1.54) is 11.1 Å². The van der Waals surface area contributed by atoms with Crippen LogP contribution in [0.15, 0.2) is 27.3 Å². The summed E-state index contributed by atoms with van der Waals surface area (Å²) in [5.41, 5.74) is 4.44. The zero-order valence-electron chi connectivity index (χ0n) is 14.3. The first-order chi connectivity index (χ1) is 11.6. The first kappa shape index (κ1) is 15.4. The predicted molar refractivity (Wildman–Crippen MR) is 91.0 cm³/mol. The molecule has 0 spiro atoms. The van der Waals surface area contributed by atoms with Gasteiger partial charge < -0.3 is 14.3 Å². The average Bonchev–Trinajstić information content (AvgIpc) is 3.20. The molecule has 1 unspecified atom stereocenters. The molecule has 1 N–H and O–H groups in total. The summed E-state index contributed by atoms with van der Waals surface area (Å²) in [7, 11) is 2.09. The molecule has 3 aromatic rings. The molecule has 24 heavy (non-hydrogen) atoms. The lowest BCUT2D eigenvalue weighted by atomic mass is 10.0. The van der Waals surface area contributed by atoms with Crippen LogP contribution in [0.4, 0.5) is 0 Å². The quantitative estimate of drug-likeness (QED) is 0.798. The second kappa shape index (κ2) is 6.03. The SMILES string of the molecule is Cc1ccc2c(Cc3nc(C4CNCCN4C)no3)coc2c1C. The van der Waals surface area contributed by atoms with Gasteiger partial charge in [-0.3, -0.25) is 4.90 Å². The smallest absolute Gasteiger partial charge is 0.231 e. The van der Waals surface area contributed by atoms with Crippen molar-refractivity contribution in [2.24, 2.45) is 0 Å². The van der Waals surface area contributed by atoms with Crippen LogP contribution in [0.1, 0.15) is 34.4 Å². The van der Waals surface area contributed by atoms with E-state index >= 15 is 0 Å². The molecule has 1 fully saturated rings. The van der Waals surface area contributed by atoms with Crippen LogP contribution in [0.5, 0.6) is 0 Å². The number of nitrogens with one attached hydrogen (secondary N) is 1. The lowest BCUT2D eigenvalue weighted by Crippen LogP contribution is -2.44. The molecule has 1 aliphatic heterocycles. The van der Waals surface area contributed by atoms with Gasteiger partial charge in [0.2, 0.25) is 5.89 Å². The molecule has 0 bridgehead atoms. The van der Waals surface area contributed by atoms with Gasteiger partial charge in [0.05, 0.1) is 18.7 Å². The summed E-state index contributed by atoms with van der Waals surface area (Å²) in [5.74, 6) is 1.38. The Hall–Kier alpha value is -2.18. The number of hydrogen-bond acceptors (Lipinski definition) is 6. The Morgan fingerprint density at radius 1 is 1.33 bits per heavy atom. The van der Waals surface area contributed by atoms with E-state index in [0.717, 1.165) is 42.0 Å². The zero-order chi connectivity index (χ0) is 16.7. The Bertz CT molecular complexity index is 867. The van der Waals surface area contributed by atoms with Crippen LogP contribution >= 0.6 is 0 Å². The molecule has 0 radical (unpaired) electrons. The Labute approximate surface area is 140 Å². The highest BCUT2D eigenvalue weighted by molar-refractivity contribution is 5.84. The van der Waals surface area contributed by atoms with Crippen molar-refractivity contribution in [3.63, 3.8) is 0 Å². The summed E-state index contributed by atoms with van der Waals surface area (Å²) in [6.07, 6.45) is 2.39. The van der Waals surface area contributed by atoms with Gasteiger partial charge in [0.25, 0.3) is 0 Å². The molecule has 1 aliphatic rings. The number of furan rings is 1. The van der Waals surface area contributed by atoms with Crippen LogP contribution in [-0.2, 0) is 6.42 Å². The van der Waals surface area contributed by atoms with E-state index in [1.807, 2.05) is 0 Å². The lowest BCUT2D eigenvalue weighted by Gasteiger charge is -2.30. The van der Waals surface area contributed by atoms with Crippen molar-refractivity contribution >= 4 is 11.0 Å². The Morgan fingerprint density at radius 3 is 3.04 bits per heavy atom. The normalized spacial score (nSPS) is 19.2. The van der Waals surface area contributed by atoms with Gasteiger partial charge in [0.1, 0.15) is 5.58 Å². The second-order valence-corrected chi connectivity index (χ2v) is 6.57. The van der Waals surface area contributed by atoms with Crippen LogP contribution in [0.25, 0.3) is 11.0 Å². The summed E-state index contributed by atoms with van der Waals surface area (Å²) in [6, 6.07) is 4.40. The number of fused-ring (bicyclic) bond motifs is 1. The van der Waals surface area contributed by atoms with Gasteiger partial charge in [-0.15, -0.1) is 0 Å². The van der Waals surface area contributed by atoms with Gasteiger partial charge in [-0.25, -0.2) is 0 Å². The molecule has 4 rings (SSSR count). The topological polar surface area (TPSA) is 67.3 Å². The maximum atomic E-state index is 5.76. The van der Waals surface area contributed by atoms with Crippen LogP contribution in [-0.4, -0.2) is 41.7 Å². The Morgan fingerprint density at radius 2 is 2.21 bits per heavy atom. The van der Waals surface area contributed by atoms with E-state index < -0.39 is 0 Å². The fraction of sp³-hybridized carbons (Fsp3) is 0.444. The fourth-order valence-corrected chi connectivity index (χ4v) is 3.26. The number of likely N-dealkylation sites (N-methyl/N-ethyl adjacent to an activating group) is 1. The minimum absolute atomic E-state index is 0.169. The highest BCUT2D eigenvalue weighted by Gasteiger charge is 2.25. The minimum atomic E-state index is 0.169. The number of benzene rings is 1. The maximum absolute atomic E-state index is 5.76. The molecule has 126 valence electrons. The van der Waals surface area contributed by atoms with Crippen molar-refractivity contribution in [3.05, 3.63) is 46.8 Å². The number of aromatic nitrogens is 2. The molecule has 6 heteroatoms. The second-order valence-electron chi connectivity index (χ2n) is 6.57. The molecule has 0 saturated carbocycles. The van der Waals surface area contributed by atoms with Crippen molar-refractivity contribution in [1.82, 2.24) is 20.4 Å². The fourth-order valence-electron chi connectivity index (χ4n) is 3.26. The third-order valence-corrected chi connectivity index (χ3v) is 4.98. The van der Waals surface area contributed by atoms with Gasteiger partial charge in [-0.1, -0.05) is 17.3 Å². The van der Waals surface area contributed by atoms with Crippen molar-refractivity contribution in [1.29, 1.82) is 0 Å². The maximum Gasteiger partial charge on any atom is 0.231 e. The van der Waals surface area contributed by atoms with Crippen LogP contribution in [0, 0.1) is 13.8 Å². The standard InChI is InChI=1S/C18H22N4O2/c1-11-4-5-14-13(10-23-17(14)12(11)2)8-16-20-18(21-24-16)15-9-19-6-7-22(15)3/h4-5,10,15,19H,6-9H2,1-3H3. The average molecular weight is 326 g/mol. The summed E-state index contributed by atoms with van der Waals surface area (Å²) in [6.45, 7) is 7.01. The van der Waals surface area contributed by atoms with Crippen LogP contribution in [0.3, 0.4) is 0 Å². The van der Waals surface area contributed by atoms with Crippen molar-refractivity contribution < 1.29 is 8.94 Å². The number of piperazine rings is 1. The molecule has 0 amide bonds. The van der Waals surface area contributed by atoms with Crippen molar-refractivity contribution in [2.45, 2.75) is 26.3 Å². The molecule has 1 saturated heterocycles. The van der Waals surface area contributed by atoms with Crippen molar-refractivity contribution in [2.75, 3.05) is 26.7 Å². The van der Waals surface area contributed by atoms with Gasteiger partial charge >= 0.3 is 0 Å². The van der Waals surface area contributed by atoms with Crippen LogP contribution in [0.2, 0.25) is 0 Å². The molecular weight excluding hydrogens is 304 g/mol. The van der Waals surface area contributed by atoms with E-state index in [4.69, 9.17) is 8.94 Å². The third-order valence-electron chi connectivity index (χ3n) is 4.98. The largest absolute Gasteiger partial charge is 0.464 e. The highest BCUT2D eigenvalue weighted by atomic mass is 16.5. The van der Waals surface area contributed by atoms with E-state index in [0.29, 0.717) is 12.3 Å². The van der Waals surface area contributed by atoms with Crippen molar-refractivity contribution in [3.8, 4) is 0 Å². The predicted octanol–water partition coefficient (Wildman–Crippen LogP) is 2.60. The molecule has 0 aliphatic carbocycles. The molecule has 1 aromatic carbocycles. The van der Waals surface area contributed by atoms with E-state index in [1.54, 1.807) is 6.26 Å². The molecule has 1 atom stereocenters. The van der Waals surface area contributed by atoms with E-state index in [9.17, 15) is 0 Å². The number of hydrogen-bond donors (Lipinski definition) is 1. The third kappa shape index (κ3) is 2.61. The van der Waals surface area contributed by atoms with Gasteiger partial charge in [0, 0.05) is 30.6 Å². The molecule has 2 aromatic heterocycles. The Balaban J connectivity index is 1.59. The summed E-state index contributed by atoms with van der Waals surface area (Å²) in [5, 5.41) is 8.68. The number of nitrogens with zero attached hydrogens (tertiary/aromatic N) is 3. The lowest BCUT2D eigenvalue weighted by molar-refractivity contribution is 0.190. The molecule has 6 nitrogen and oxygen atoms in total. The number of aryl methyl sites for hydroxylation is 2. The highest BCUT2D eigenvalue weighted by Crippen LogP contribution is 2.28. The summed E-state index contributed by atoms with van der Waals surface area (Å²) in [4.78, 5) is 6.86.